The molecule has 1 saturated carbocycles. The van der Waals surface area contributed by atoms with E-state index in [2.05, 4.69) is 29.4 Å². The topological polar surface area (TPSA) is 44.4 Å². The average molecular weight is 295 g/mol. The van der Waals surface area contributed by atoms with Gasteiger partial charge in [0.2, 0.25) is 5.91 Å². The molecule has 1 saturated heterocycles. The lowest BCUT2D eigenvalue weighted by Gasteiger charge is -2.32. The monoisotopic (exact) mass is 295 g/mol. The summed E-state index contributed by atoms with van der Waals surface area (Å²) in [5.74, 6) is 2.48. The number of nitrogens with one attached hydrogen (secondary N) is 2. The minimum atomic E-state index is 0.165. The van der Waals surface area contributed by atoms with Crippen molar-refractivity contribution in [1.29, 1.82) is 0 Å². The van der Waals surface area contributed by atoms with Gasteiger partial charge in [-0.2, -0.15) is 0 Å². The fourth-order valence-corrected chi connectivity index (χ4v) is 2.89. The van der Waals surface area contributed by atoms with E-state index in [0.29, 0.717) is 12.5 Å². The van der Waals surface area contributed by atoms with Gasteiger partial charge < -0.3 is 15.5 Å². The van der Waals surface area contributed by atoms with Crippen molar-refractivity contribution in [3.05, 3.63) is 0 Å². The minimum Gasteiger partial charge on any atom is -0.355 e. The van der Waals surface area contributed by atoms with Gasteiger partial charge in [0, 0.05) is 6.54 Å². The van der Waals surface area contributed by atoms with E-state index >= 15 is 0 Å². The lowest BCUT2D eigenvalue weighted by molar-refractivity contribution is -0.120. The number of piperidine rings is 1. The molecular formula is C17H33N3O. The third-order valence-electron chi connectivity index (χ3n) is 4.73. The van der Waals surface area contributed by atoms with Crippen LogP contribution in [0.3, 0.4) is 0 Å². The van der Waals surface area contributed by atoms with Crippen molar-refractivity contribution in [2.45, 2.75) is 46.0 Å². The maximum absolute atomic E-state index is 11.7. The summed E-state index contributed by atoms with van der Waals surface area (Å²) in [5.41, 5.74) is 0. The molecule has 0 atom stereocenters. The number of hydrogen-bond acceptors (Lipinski definition) is 3. The highest BCUT2D eigenvalue weighted by atomic mass is 16.1. The molecule has 21 heavy (non-hydrogen) atoms. The van der Waals surface area contributed by atoms with Gasteiger partial charge in [-0.25, -0.2) is 0 Å². The van der Waals surface area contributed by atoms with Crippen LogP contribution in [0.2, 0.25) is 0 Å². The molecule has 4 nitrogen and oxygen atoms in total. The lowest BCUT2D eigenvalue weighted by Crippen LogP contribution is -2.41. The molecule has 2 fully saturated rings. The Kier molecular flexibility index (Phi) is 6.97. The van der Waals surface area contributed by atoms with E-state index in [1.807, 2.05) is 0 Å². The zero-order valence-corrected chi connectivity index (χ0v) is 13.9. The Bertz CT molecular complexity index is 307. The van der Waals surface area contributed by atoms with Crippen molar-refractivity contribution >= 4 is 5.91 Å². The van der Waals surface area contributed by atoms with Crippen LogP contribution in [0.5, 0.6) is 0 Å². The van der Waals surface area contributed by atoms with Crippen LogP contribution in [0.4, 0.5) is 0 Å². The van der Waals surface area contributed by atoms with Crippen LogP contribution >= 0.6 is 0 Å². The number of carbonyl (C=O) groups is 1. The van der Waals surface area contributed by atoms with Crippen molar-refractivity contribution in [3.8, 4) is 0 Å². The van der Waals surface area contributed by atoms with Crippen molar-refractivity contribution in [3.63, 3.8) is 0 Å². The zero-order chi connectivity index (χ0) is 15.1. The molecule has 0 aromatic carbocycles. The molecule has 2 aliphatic rings. The Morgan fingerprint density at radius 3 is 2.38 bits per heavy atom. The number of rotatable bonds is 9. The van der Waals surface area contributed by atoms with Gasteiger partial charge in [0.1, 0.15) is 0 Å². The summed E-state index contributed by atoms with van der Waals surface area (Å²) in [4.78, 5) is 14.3. The number of likely N-dealkylation sites (tertiary alicyclic amines) is 1. The number of carbonyl (C=O) groups excluding carboxylic acids is 1. The van der Waals surface area contributed by atoms with Crippen LogP contribution in [-0.4, -0.2) is 50.1 Å². The molecule has 1 heterocycles. The Balaban J connectivity index is 1.48. The quantitative estimate of drug-likeness (QED) is 0.682. The standard InChI is InChI=1S/C17H33N3O/c1-14(2)5-8-20-9-6-16(7-10-20)12-19-17(21)13-18-11-15-3-4-15/h14-16,18H,3-13H2,1-2H3,(H,19,21). The third kappa shape index (κ3) is 7.28. The second-order valence-electron chi connectivity index (χ2n) is 7.35. The molecule has 2 rings (SSSR count). The van der Waals surface area contributed by atoms with E-state index in [1.165, 1.54) is 51.7 Å². The largest absolute Gasteiger partial charge is 0.355 e. The van der Waals surface area contributed by atoms with Crippen LogP contribution in [0.25, 0.3) is 0 Å². The molecular weight excluding hydrogens is 262 g/mol. The summed E-state index contributed by atoms with van der Waals surface area (Å²) in [6.07, 6.45) is 6.43. The third-order valence-corrected chi connectivity index (χ3v) is 4.73. The number of hydrogen-bond donors (Lipinski definition) is 2. The molecule has 0 spiro atoms. The second-order valence-corrected chi connectivity index (χ2v) is 7.35. The first kappa shape index (κ1) is 16.8. The molecule has 0 aromatic rings. The molecule has 0 bridgehead atoms. The maximum atomic E-state index is 11.7. The predicted octanol–water partition coefficient (Wildman–Crippen LogP) is 1.86. The summed E-state index contributed by atoms with van der Waals surface area (Å²) < 4.78 is 0. The first-order valence-electron chi connectivity index (χ1n) is 8.83. The van der Waals surface area contributed by atoms with Crippen molar-refractivity contribution in [2.24, 2.45) is 17.8 Å². The van der Waals surface area contributed by atoms with Gasteiger partial charge in [-0.15, -0.1) is 0 Å². The lowest BCUT2D eigenvalue weighted by atomic mass is 9.96. The summed E-state index contributed by atoms with van der Waals surface area (Å²) in [5, 5.41) is 6.34. The zero-order valence-electron chi connectivity index (χ0n) is 13.9. The second kappa shape index (κ2) is 8.74. The Hall–Kier alpha value is -0.610. The SMILES string of the molecule is CC(C)CCN1CCC(CNC(=O)CNCC2CC2)CC1. The first-order chi connectivity index (χ1) is 10.1. The van der Waals surface area contributed by atoms with E-state index in [1.54, 1.807) is 0 Å². The van der Waals surface area contributed by atoms with Gasteiger partial charge in [0.25, 0.3) is 0 Å². The Morgan fingerprint density at radius 1 is 1.10 bits per heavy atom. The highest BCUT2D eigenvalue weighted by molar-refractivity contribution is 5.77. The van der Waals surface area contributed by atoms with Gasteiger partial charge in [-0.3, -0.25) is 4.79 Å². The van der Waals surface area contributed by atoms with Gasteiger partial charge >= 0.3 is 0 Å². The minimum absolute atomic E-state index is 0.165. The van der Waals surface area contributed by atoms with Gasteiger partial charge in [-0.1, -0.05) is 13.8 Å². The van der Waals surface area contributed by atoms with Gasteiger partial charge in [0.05, 0.1) is 6.54 Å². The van der Waals surface area contributed by atoms with E-state index < -0.39 is 0 Å². The molecule has 0 radical (unpaired) electrons. The van der Waals surface area contributed by atoms with Crippen molar-refractivity contribution < 1.29 is 4.79 Å². The number of amides is 1. The van der Waals surface area contributed by atoms with Crippen LogP contribution < -0.4 is 10.6 Å². The Morgan fingerprint density at radius 2 is 1.76 bits per heavy atom. The molecule has 4 heteroatoms. The van der Waals surface area contributed by atoms with Gasteiger partial charge in [0.15, 0.2) is 0 Å². The summed E-state index contributed by atoms with van der Waals surface area (Å²) in [6.45, 7) is 10.6. The summed E-state index contributed by atoms with van der Waals surface area (Å²) >= 11 is 0. The summed E-state index contributed by atoms with van der Waals surface area (Å²) in [6, 6.07) is 0. The molecule has 1 aliphatic carbocycles. The maximum Gasteiger partial charge on any atom is 0.233 e. The van der Waals surface area contributed by atoms with Crippen molar-refractivity contribution in [2.75, 3.05) is 39.3 Å². The molecule has 2 N–H and O–H groups in total. The molecule has 0 unspecified atom stereocenters. The fourth-order valence-electron chi connectivity index (χ4n) is 2.89. The van der Waals surface area contributed by atoms with Gasteiger partial charge in [-0.05, 0) is 76.0 Å². The van der Waals surface area contributed by atoms with Crippen LogP contribution in [0.15, 0.2) is 0 Å². The molecule has 1 amide bonds. The van der Waals surface area contributed by atoms with E-state index in [4.69, 9.17) is 0 Å². The molecule has 0 aromatic heterocycles. The van der Waals surface area contributed by atoms with Crippen LogP contribution in [0.1, 0.15) is 46.0 Å². The normalized spacial score (nSPS) is 20.9. The van der Waals surface area contributed by atoms with Crippen molar-refractivity contribution in [1.82, 2.24) is 15.5 Å². The van der Waals surface area contributed by atoms with E-state index in [0.717, 1.165) is 24.9 Å². The number of nitrogens with zero attached hydrogens (tertiary/aromatic N) is 1. The predicted molar refractivity (Wildman–Crippen MR) is 87.2 cm³/mol. The first-order valence-corrected chi connectivity index (χ1v) is 8.83. The highest BCUT2D eigenvalue weighted by Crippen LogP contribution is 2.27. The van der Waals surface area contributed by atoms with Crippen LogP contribution in [0, 0.1) is 17.8 Å². The van der Waals surface area contributed by atoms with E-state index in [9.17, 15) is 4.79 Å². The van der Waals surface area contributed by atoms with Crippen LogP contribution in [-0.2, 0) is 4.79 Å². The van der Waals surface area contributed by atoms with E-state index in [-0.39, 0.29) is 5.91 Å². The highest BCUT2D eigenvalue weighted by Gasteiger charge is 2.21. The molecule has 1 aliphatic heterocycles. The Labute approximate surface area is 130 Å². The smallest absolute Gasteiger partial charge is 0.233 e. The average Bonchev–Trinajstić information content (AvgIpc) is 3.28. The fraction of sp³-hybridized carbons (Fsp3) is 0.941. The summed E-state index contributed by atoms with van der Waals surface area (Å²) in [7, 11) is 0. The molecule has 122 valence electrons.